The van der Waals surface area contributed by atoms with Crippen LogP contribution in [0.3, 0.4) is 0 Å². The van der Waals surface area contributed by atoms with Crippen molar-refractivity contribution >= 4 is 15.9 Å². The zero-order chi connectivity index (χ0) is 13.0. The van der Waals surface area contributed by atoms with Crippen molar-refractivity contribution in [3.8, 4) is 5.75 Å². The fourth-order valence-electron chi connectivity index (χ4n) is 1.78. The number of rotatable bonds is 4. The molecule has 0 fully saturated rings. The van der Waals surface area contributed by atoms with Crippen molar-refractivity contribution in [1.82, 2.24) is 4.98 Å². The van der Waals surface area contributed by atoms with Crippen LogP contribution in [-0.4, -0.2) is 17.2 Å². The van der Waals surface area contributed by atoms with E-state index in [0.717, 1.165) is 15.7 Å². The standard InChI is InChI=1S/C14H14BrNO2/c1-18-14-5-3-2-4-12(14)13(17)8-11-7-6-10(15)9-16-11/h2-7,9,13,17H,8H2,1H3. The highest BCUT2D eigenvalue weighted by Gasteiger charge is 2.13. The Morgan fingerprint density at radius 3 is 2.72 bits per heavy atom. The van der Waals surface area contributed by atoms with Gasteiger partial charge in [-0.05, 0) is 34.1 Å². The van der Waals surface area contributed by atoms with Gasteiger partial charge in [-0.2, -0.15) is 0 Å². The molecule has 1 aromatic carbocycles. The van der Waals surface area contributed by atoms with Crippen molar-refractivity contribution in [3.05, 3.63) is 58.3 Å². The molecule has 0 aliphatic heterocycles. The molecular weight excluding hydrogens is 294 g/mol. The van der Waals surface area contributed by atoms with E-state index in [0.29, 0.717) is 12.2 Å². The molecule has 0 radical (unpaired) electrons. The molecule has 4 heteroatoms. The largest absolute Gasteiger partial charge is 0.496 e. The molecule has 2 rings (SSSR count). The van der Waals surface area contributed by atoms with E-state index in [1.54, 1.807) is 13.3 Å². The molecule has 1 heterocycles. The topological polar surface area (TPSA) is 42.4 Å². The van der Waals surface area contributed by atoms with Crippen molar-refractivity contribution < 1.29 is 9.84 Å². The van der Waals surface area contributed by atoms with Crippen LogP contribution >= 0.6 is 15.9 Å². The number of halogens is 1. The molecule has 1 aromatic heterocycles. The molecule has 0 saturated heterocycles. The van der Waals surface area contributed by atoms with Crippen LogP contribution in [0.25, 0.3) is 0 Å². The number of aliphatic hydroxyl groups is 1. The van der Waals surface area contributed by atoms with Crippen LogP contribution in [0.4, 0.5) is 0 Å². The summed E-state index contributed by atoms with van der Waals surface area (Å²) < 4.78 is 6.16. The van der Waals surface area contributed by atoms with Gasteiger partial charge in [-0.25, -0.2) is 0 Å². The number of benzene rings is 1. The lowest BCUT2D eigenvalue weighted by Crippen LogP contribution is -2.05. The minimum atomic E-state index is -0.616. The lowest BCUT2D eigenvalue weighted by molar-refractivity contribution is 0.173. The Balaban J connectivity index is 2.16. The Morgan fingerprint density at radius 2 is 2.06 bits per heavy atom. The van der Waals surface area contributed by atoms with E-state index in [4.69, 9.17) is 4.74 Å². The fraction of sp³-hybridized carbons (Fsp3) is 0.214. The second-order valence-electron chi connectivity index (χ2n) is 3.93. The summed E-state index contributed by atoms with van der Waals surface area (Å²) in [7, 11) is 1.60. The SMILES string of the molecule is COc1ccccc1C(O)Cc1ccc(Br)cn1. The first kappa shape index (κ1) is 13.1. The predicted molar refractivity (Wildman–Crippen MR) is 73.6 cm³/mol. The first-order valence-corrected chi connectivity index (χ1v) is 6.41. The maximum Gasteiger partial charge on any atom is 0.124 e. The van der Waals surface area contributed by atoms with Gasteiger partial charge in [0.2, 0.25) is 0 Å². The highest BCUT2D eigenvalue weighted by Crippen LogP contribution is 2.26. The zero-order valence-electron chi connectivity index (χ0n) is 10.0. The van der Waals surface area contributed by atoms with Gasteiger partial charge < -0.3 is 9.84 Å². The van der Waals surface area contributed by atoms with E-state index in [1.807, 2.05) is 36.4 Å². The molecule has 3 nitrogen and oxygen atoms in total. The van der Waals surface area contributed by atoms with Gasteiger partial charge in [-0.3, -0.25) is 4.98 Å². The monoisotopic (exact) mass is 307 g/mol. The number of aliphatic hydroxyl groups excluding tert-OH is 1. The van der Waals surface area contributed by atoms with Gasteiger partial charge in [0.15, 0.2) is 0 Å². The lowest BCUT2D eigenvalue weighted by Gasteiger charge is -2.14. The summed E-state index contributed by atoms with van der Waals surface area (Å²) in [5, 5.41) is 10.2. The molecule has 0 aliphatic rings. The first-order chi connectivity index (χ1) is 8.70. The molecule has 2 aromatic rings. The van der Waals surface area contributed by atoms with Gasteiger partial charge in [0.1, 0.15) is 5.75 Å². The first-order valence-electron chi connectivity index (χ1n) is 5.62. The second-order valence-corrected chi connectivity index (χ2v) is 4.85. The molecule has 0 amide bonds. The highest BCUT2D eigenvalue weighted by molar-refractivity contribution is 9.10. The van der Waals surface area contributed by atoms with E-state index in [1.165, 1.54) is 0 Å². The maximum atomic E-state index is 10.2. The molecule has 0 spiro atoms. The average molecular weight is 308 g/mol. The van der Waals surface area contributed by atoms with Crippen LogP contribution in [-0.2, 0) is 6.42 Å². The number of nitrogens with zero attached hydrogens (tertiary/aromatic N) is 1. The molecule has 18 heavy (non-hydrogen) atoms. The minimum absolute atomic E-state index is 0.466. The van der Waals surface area contributed by atoms with Gasteiger partial charge in [-0.15, -0.1) is 0 Å². The van der Waals surface area contributed by atoms with Crippen molar-refractivity contribution in [2.45, 2.75) is 12.5 Å². The molecule has 0 bridgehead atoms. The van der Waals surface area contributed by atoms with Gasteiger partial charge in [0.05, 0.1) is 13.2 Å². The molecular formula is C14H14BrNO2. The number of para-hydroxylation sites is 1. The summed E-state index contributed by atoms with van der Waals surface area (Å²) in [6.45, 7) is 0. The van der Waals surface area contributed by atoms with E-state index >= 15 is 0 Å². The average Bonchev–Trinajstić information content (AvgIpc) is 2.41. The number of ether oxygens (including phenoxy) is 1. The summed E-state index contributed by atoms with van der Waals surface area (Å²) >= 11 is 3.33. The highest BCUT2D eigenvalue weighted by atomic mass is 79.9. The van der Waals surface area contributed by atoms with E-state index in [9.17, 15) is 5.11 Å². The fourth-order valence-corrected chi connectivity index (χ4v) is 2.01. The van der Waals surface area contributed by atoms with Crippen LogP contribution in [0, 0.1) is 0 Å². The molecule has 1 N–H and O–H groups in total. The van der Waals surface area contributed by atoms with Crippen LogP contribution in [0.1, 0.15) is 17.4 Å². The molecule has 0 saturated carbocycles. The molecule has 0 aliphatic carbocycles. The molecule has 94 valence electrons. The van der Waals surface area contributed by atoms with E-state index < -0.39 is 6.10 Å². The third-order valence-electron chi connectivity index (χ3n) is 2.69. The lowest BCUT2D eigenvalue weighted by atomic mass is 10.0. The quantitative estimate of drug-likeness (QED) is 0.943. The van der Waals surface area contributed by atoms with Crippen molar-refractivity contribution in [3.63, 3.8) is 0 Å². The van der Waals surface area contributed by atoms with E-state index in [-0.39, 0.29) is 0 Å². The van der Waals surface area contributed by atoms with Crippen LogP contribution in [0.2, 0.25) is 0 Å². The number of methoxy groups -OCH3 is 1. The Bertz CT molecular complexity index is 513. The number of pyridine rings is 1. The number of aromatic nitrogens is 1. The third kappa shape index (κ3) is 3.09. The Hall–Kier alpha value is -1.39. The van der Waals surface area contributed by atoms with Crippen LogP contribution in [0.15, 0.2) is 47.1 Å². The summed E-state index contributed by atoms with van der Waals surface area (Å²) in [5.41, 5.74) is 1.63. The predicted octanol–water partition coefficient (Wildman–Crippen LogP) is 3.13. The smallest absolute Gasteiger partial charge is 0.124 e. The number of hydrogen-bond acceptors (Lipinski definition) is 3. The molecule has 1 unspecified atom stereocenters. The van der Waals surface area contributed by atoms with Crippen LogP contribution < -0.4 is 4.74 Å². The zero-order valence-corrected chi connectivity index (χ0v) is 11.6. The summed E-state index contributed by atoms with van der Waals surface area (Å²) in [4.78, 5) is 4.25. The van der Waals surface area contributed by atoms with Gasteiger partial charge >= 0.3 is 0 Å². The van der Waals surface area contributed by atoms with Gasteiger partial charge in [0.25, 0.3) is 0 Å². The molecule has 1 atom stereocenters. The summed E-state index contributed by atoms with van der Waals surface area (Å²) in [5.74, 6) is 0.696. The Morgan fingerprint density at radius 1 is 1.28 bits per heavy atom. The van der Waals surface area contributed by atoms with Crippen molar-refractivity contribution in [2.24, 2.45) is 0 Å². The Labute approximate surface area is 115 Å². The summed E-state index contributed by atoms with van der Waals surface area (Å²) in [6, 6.07) is 11.3. The third-order valence-corrected chi connectivity index (χ3v) is 3.16. The number of hydrogen-bond donors (Lipinski definition) is 1. The van der Waals surface area contributed by atoms with E-state index in [2.05, 4.69) is 20.9 Å². The van der Waals surface area contributed by atoms with Gasteiger partial charge in [0, 0.05) is 28.3 Å². The maximum absolute atomic E-state index is 10.2. The van der Waals surface area contributed by atoms with Crippen molar-refractivity contribution in [1.29, 1.82) is 0 Å². The second kappa shape index (κ2) is 5.98. The van der Waals surface area contributed by atoms with Gasteiger partial charge in [-0.1, -0.05) is 18.2 Å². The normalized spacial score (nSPS) is 12.2. The summed E-state index contributed by atoms with van der Waals surface area (Å²) in [6.07, 6.45) is 1.58. The minimum Gasteiger partial charge on any atom is -0.496 e. The van der Waals surface area contributed by atoms with Crippen LogP contribution in [0.5, 0.6) is 5.75 Å². The van der Waals surface area contributed by atoms with Crippen molar-refractivity contribution in [2.75, 3.05) is 7.11 Å². The Kier molecular flexibility index (Phi) is 4.33.